The molecule has 1 atom stereocenters. The highest BCUT2D eigenvalue weighted by molar-refractivity contribution is 6.06. The van der Waals surface area contributed by atoms with Gasteiger partial charge < -0.3 is 15.8 Å². The smallest absolute Gasteiger partial charge is 0.325 e. The lowest BCUT2D eigenvalue weighted by Crippen LogP contribution is -2.43. The van der Waals surface area contributed by atoms with Crippen LogP contribution in [0, 0.1) is 0 Å². The number of amides is 3. The molecule has 1 aromatic rings. The number of hydrogen-bond acceptors (Lipinski definition) is 4. The molecule has 3 amide bonds. The van der Waals surface area contributed by atoms with Gasteiger partial charge in [0.2, 0.25) is 0 Å². The number of ether oxygens (including phenoxy) is 1. The highest BCUT2D eigenvalue weighted by Crippen LogP contribution is 2.26. The molecule has 1 saturated heterocycles. The Morgan fingerprint density at radius 3 is 2.62 bits per heavy atom. The van der Waals surface area contributed by atoms with E-state index in [1.54, 1.807) is 20.1 Å². The SMILES string of the molecule is CCC1(C)NC(=O)N(Cc2cc(CN)ccc2OC)C1=O. The Balaban J connectivity index is 2.30. The molecular weight excluding hydrogens is 270 g/mol. The van der Waals surface area contributed by atoms with Gasteiger partial charge in [-0.25, -0.2) is 4.79 Å². The second kappa shape index (κ2) is 5.73. The van der Waals surface area contributed by atoms with Gasteiger partial charge in [0.1, 0.15) is 11.3 Å². The number of imide groups is 1. The van der Waals surface area contributed by atoms with Crippen LogP contribution in [0.15, 0.2) is 18.2 Å². The number of carbonyl (C=O) groups is 2. The average Bonchev–Trinajstić information content (AvgIpc) is 2.71. The largest absolute Gasteiger partial charge is 0.496 e. The molecule has 1 aliphatic rings. The molecule has 0 spiro atoms. The topological polar surface area (TPSA) is 84.7 Å². The molecule has 0 radical (unpaired) electrons. The van der Waals surface area contributed by atoms with E-state index in [0.29, 0.717) is 18.7 Å². The van der Waals surface area contributed by atoms with Gasteiger partial charge in [-0.15, -0.1) is 0 Å². The Labute approximate surface area is 124 Å². The molecule has 114 valence electrons. The first-order valence-electron chi connectivity index (χ1n) is 6.95. The zero-order valence-corrected chi connectivity index (χ0v) is 12.6. The zero-order valence-electron chi connectivity index (χ0n) is 12.6. The lowest BCUT2D eigenvalue weighted by Gasteiger charge is -2.20. The van der Waals surface area contributed by atoms with Crippen LogP contribution in [0.3, 0.4) is 0 Å². The minimum Gasteiger partial charge on any atom is -0.496 e. The monoisotopic (exact) mass is 291 g/mol. The van der Waals surface area contributed by atoms with Crippen LogP contribution in [-0.4, -0.2) is 29.5 Å². The molecule has 21 heavy (non-hydrogen) atoms. The second-order valence-electron chi connectivity index (χ2n) is 5.36. The first-order valence-corrected chi connectivity index (χ1v) is 6.95. The van der Waals surface area contributed by atoms with Crippen molar-refractivity contribution in [2.75, 3.05) is 7.11 Å². The van der Waals surface area contributed by atoms with Gasteiger partial charge in [0.05, 0.1) is 13.7 Å². The van der Waals surface area contributed by atoms with Crippen molar-refractivity contribution in [1.82, 2.24) is 10.2 Å². The zero-order chi connectivity index (χ0) is 15.6. The van der Waals surface area contributed by atoms with Crippen LogP contribution in [0.2, 0.25) is 0 Å². The third-order valence-corrected chi connectivity index (χ3v) is 3.96. The minimum absolute atomic E-state index is 0.178. The summed E-state index contributed by atoms with van der Waals surface area (Å²) in [5.41, 5.74) is 6.51. The van der Waals surface area contributed by atoms with E-state index in [-0.39, 0.29) is 18.5 Å². The van der Waals surface area contributed by atoms with Gasteiger partial charge in [0, 0.05) is 12.1 Å². The summed E-state index contributed by atoms with van der Waals surface area (Å²) >= 11 is 0. The van der Waals surface area contributed by atoms with Crippen molar-refractivity contribution in [3.63, 3.8) is 0 Å². The van der Waals surface area contributed by atoms with Gasteiger partial charge in [-0.2, -0.15) is 0 Å². The van der Waals surface area contributed by atoms with Crippen molar-refractivity contribution in [3.8, 4) is 5.75 Å². The Hall–Kier alpha value is -2.08. The Morgan fingerprint density at radius 2 is 2.10 bits per heavy atom. The van der Waals surface area contributed by atoms with Gasteiger partial charge in [-0.3, -0.25) is 9.69 Å². The standard InChI is InChI=1S/C15H21N3O3/c1-4-15(2)13(19)18(14(20)17-15)9-11-7-10(8-16)5-6-12(11)21-3/h5-7H,4,8-9,16H2,1-3H3,(H,17,20). The molecule has 3 N–H and O–H groups in total. The number of hydrogen-bond donors (Lipinski definition) is 2. The van der Waals surface area contributed by atoms with Crippen LogP contribution in [0.4, 0.5) is 4.79 Å². The molecule has 0 aromatic heterocycles. The Kier molecular flexibility index (Phi) is 4.18. The van der Waals surface area contributed by atoms with E-state index in [1.807, 2.05) is 19.1 Å². The number of urea groups is 1. The fraction of sp³-hybridized carbons (Fsp3) is 0.467. The number of carbonyl (C=O) groups excluding carboxylic acids is 2. The maximum absolute atomic E-state index is 12.4. The van der Waals surface area contributed by atoms with Crippen molar-refractivity contribution < 1.29 is 14.3 Å². The van der Waals surface area contributed by atoms with E-state index in [1.165, 1.54) is 4.90 Å². The van der Waals surface area contributed by atoms with E-state index in [9.17, 15) is 9.59 Å². The molecule has 6 heteroatoms. The van der Waals surface area contributed by atoms with Gasteiger partial charge >= 0.3 is 6.03 Å². The summed E-state index contributed by atoms with van der Waals surface area (Å²) in [6.45, 7) is 4.18. The first-order chi connectivity index (χ1) is 9.95. The van der Waals surface area contributed by atoms with Gasteiger partial charge in [-0.1, -0.05) is 13.0 Å². The third kappa shape index (κ3) is 2.71. The maximum Gasteiger partial charge on any atom is 0.325 e. The van der Waals surface area contributed by atoms with Crippen molar-refractivity contribution in [3.05, 3.63) is 29.3 Å². The van der Waals surface area contributed by atoms with Crippen molar-refractivity contribution in [2.24, 2.45) is 5.73 Å². The van der Waals surface area contributed by atoms with E-state index in [4.69, 9.17) is 10.5 Å². The van der Waals surface area contributed by atoms with Crippen LogP contribution >= 0.6 is 0 Å². The summed E-state index contributed by atoms with van der Waals surface area (Å²) in [4.78, 5) is 25.7. The third-order valence-electron chi connectivity index (χ3n) is 3.96. The first kappa shape index (κ1) is 15.3. The molecule has 1 aliphatic heterocycles. The fourth-order valence-corrected chi connectivity index (χ4v) is 2.38. The van der Waals surface area contributed by atoms with E-state index < -0.39 is 5.54 Å². The highest BCUT2D eigenvalue weighted by Gasteiger charge is 2.46. The lowest BCUT2D eigenvalue weighted by molar-refractivity contribution is -0.131. The normalized spacial score (nSPS) is 21.6. The van der Waals surface area contributed by atoms with E-state index in [2.05, 4.69) is 5.32 Å². The predicted octanol–water partition coefficient (Wildman–Crippen LogP) is 1.37. The summed E-state index contributed by atoms with van der Waals surface area (Å²) in [6.07, 6.45) is 0.550. The van der Waals surface area contributed by atoms with Gasteiger partial charge in [0.25, 0.3) is 5.91 Å². The van der Waals surface area contributed by atoms with Crippen LogP contribution in [-0.2, 0) is 17.9 Å². The van der Waals surface area contributed by atoms with E-state index in [0.717, 1.165) is 11.1 Å². The summed E-state index contributed by atoms with van der Waals surface area (Å²) in [6, 6.07) is 5.16. The number of nitrogens with one attached hydrogen (secondary N) is 1. The number of methoxy groups -OCH3 is 1. The van der Waals surface area contributed by atoms with Crippen LogP contribution in [0.5, 0.6) is 5.75 Å². The van der Waals surface area contributed by atoms with Crippen molar-refractivity contribution >= 4 is 11.9 Å². The number of rotatable bonds is 5. The van der Waals surface area contributed by atoms with Crippen molar-refractivity contribution in [2.45, 2.75) is 38.9 Å². The molecule has 1 heterocycles. The molecule has 1 fully saturated rings. The summed E-state index contributed by atoms with van der Waals surface area (Å²) in [5, 5.41) is 2.74. The minimum atomic E-state index is -0.824. The second-order valence-corrected chi connectivity index (χ2v) is 5.36. The molecule has 2 rings (SSSR count). The predicted molar refractivity (Wildman–Crippen MR) is 78.7 cm³/mol. The van der Waals surface area contributed by atoms with Crippen LogP contribution in [0.25, 0.3) is 0 Å². The Morgan fingerprint density at radius 1 is 1.38 bits per heavy atom. The lowest BCUT2D eigenvalue weighted by atomic mass is 9.99. The number of nitrogens with two attached hydrogens (primary N) is 1. The molecule has 0 aliphatic carbocycles. The number of benzene rings is 1. The molecular formula is C15H21N3O3. The molecule has 0 bridgehead atoms. The molecule has 1 unspecified atom stereocenters. The summed E-state index contributed by atoms with van der Waals surface area (Å²) in [7, 11) is 1.56. The average molecular weight is 291 g/mol. The molecule has 0 saturated carbocycles. The quantitative estimate of drug-likeness (QED) is 0.803. The van der Waals surface area contributed by atoms with Crippen LogP contribution < -0.4 is 15.8 Å². The van der Waals surface area contributed by atoms with E-state index >= 15 is 0 Å². The molecule has 6 nitrogen and oxygen atoms in total. The van der Waals surface area contributed by atoms with Crippen LogP contribution in [0.1, 0.15) is 31.4 Å². The number of nitrogens with zero attached hydrogens (tertiary/aromatic N) is 1. The highest BCUT2D eigenvalue weighted by atomic mass is 16.5. The van der Waals surface area contributed by atoms with Crippen molar-refractivity contribution in [1.29, 1.82) is 0 Å². The fourth-order valence-electron chi connectivity index (χ4n) is 2.38. The summed E-state index contributed by atoms with van der Waals surface area (Å²) < 4.78 is 5.29. The van der Waals surface area contributed by atoms with Gasteiger partial charge in [0.15, 0.2) is 0 Å². The molecule has 1 aromatic carbocycles. The Bertz CT molecular complexity index is 573. The van der Waals surface area contributed by atoms with Gasteiger partial charge in [-0.05, 0) is 31.0 Å². The maximum atomic E-state index is 12.4. The summed E-state index contributed by atoms with van der Waals surface area (Å²) in [5.74, 6) is 0.424.